The van der Waals surface area contributed by atoms with Crippen LogP contribution in [0.15, 0.2) is 48.1 Å². The molecule has 0 saturated heterocycles. The maximum atomic E-state index is 13.2. The summed E-state index contributed by atoms with van der Waals surface area (Å²) in [5.74, 6) is 0.590. The summed E-state index contributed by atoms with van der Waals surface area (Å²) in [4.78, 5) is 24.8. The highest BCUT2D eigenvalue weighted by molar-refractivity contribution is 6.36. The molecule has 4 rings (SSSR count). The van der Waals surface area contributed by atoms with Crippen LogP contribution in [0.3, 0.4) is 0 Å². The number of fused-ring (bicyclic) bond motifs is 1. The van der Waals surface area contributed by atoms with Gasteiger partial charge in [-0.1, -0.05) is 11.6 Å². The first-order valence-corrected chi connectivity index (χ1v) is 10.4. The van der Waals surface area contributed by atoms with E-state index in [1.165, 1.54) is 37.0 Å². The lowest BCUT2D eigenvalue weighted by Gasteiger charge is -2.30. The summed E-state index contributed by atoms with van der Waals surface area (Å²) in [6.45, 7) is 1.35. The van der Waals surface area contributed by atoms with Crippen molar-refractivity contribution < 1.29 is 27.8 Å². The Morgan fingerprint density at radius 1 is 1.29 bits per heavy atom. The van der Waals surface area contributed by atoms with Gasteiger partial charge in [-0.25, -0.2) is 9.97 Å². The number of amides is 1. The second kappa shape index (κ2) is 9.07. The van der Waals surface area contributed by atoms with Crippen molar-refractivity contribution in [1.82, 2.24) is 24.4 Å². The van der Waals surface area contributed by atoms with Gasteiger partial charge in [-0.3, -0.25) is 4.79 Å². The van der Waals surface area contributed by atoms with E-state index >= 15 is 0 Å². The van der Waals surface area contributed by atoms with Gasteiger partial charge in [0.15, 0.2) is 17.6 Å². The van der Waals surface area contributed by atoms with Crippen LogP contribution in [-0.4, -0.2) is 54.9 Å². The molecule has 0 spiro atoms. The van der Waals surface area contributed by atoms with Gasteiger partial charge in [0, 0.05) is 39.5 Å². The average Bonchev–Trinajstić information content (AvgIpc) is 3.08. The molecular formula is C21H19ClF3N7O3. The van der Waals surface area contributed by atoms with Gasteiger partial charge in [0.05, 0.1) is 17.5 Å². The van der Waals surface area contributed by atoms with Crippen molar-refractivity contribution in [1.29, 1.82) is 0 Å². The molecule has 14 heteroatoms. The van der Waals surface area contributed by atoms with Crippen molar-refractivity contribution in [3.63, 3.8) is 0 Å². The lowest BCUT2D eigenvalue weighted by Crippen LogP contribution is -2.36. The van der Waals surface area contributed by atoms with E-state index < -0.39 is 18.0 Å². The molecule has 3 N–H and O–H groups in total. The van der Waals surface area contributed by atoms with Crippen molar-refractivity contribution in [2.24, 2.45) is 7.05 Å². The summed E-state index contributed by atoms with van der Waals surface area (Å²) in [7, 11) is 2.90. The van der Waals surface area contributed by atoms with Gasteiger partial charge in [0.2, 0.25) is 11.9 Å². The zero-order valence-electron chi connectivity index (χ0n) is 18.6. The van der Waals surface area contributed by atoms with Gasteiger partial charge in [0.25, 0.3) is 0 Å². The lowest BCUT2D eigenvalue weighted by atomic mass is 10.1. The number of aryl methyl sites for hydroxylation is 1. The molecule has 1 aliphatic heterocycles. The van der Waals surface area contributed by atoms with Crippen LogP contribution in [0.25, 0.3) is 11.2 Å². The highest BCUT2D eigenvalue weighted by Crippen LogP contribution is 2.36. The van der Waals surface area contributed by atoms with Crippen molar-refractivity contribution in [3.8, 4) is 11.5 Å². The van der Waals surface area contributed by atoms with Crippen LogP contribution in [-0.2, 0) is 11.8 Å². The van der Waals surface area contributed by atoms with Crippen molar-refractivity contribution >= 4 is 40.4 Å². The minimum absolute atomic E-state index is 0.102. The Morgan fingerprint density at radius 3 is 2.71 bits per heavy atom. The average molecular weight is 510 g/mol. The fraction of sp³-hybridized carbons (Fsp3) is 0.238. The fourth-order valence-electron chi connectivity index (χ4n) is 3.32. The predicted octanol–water partition coefficient (Wildman–Crippen LogP) is 3.77. The number of nitrogens with one attached hydrogen (secondary N) is 2. The van der Waals surface area contributed by atoms with Gasteiger partial charge in [0.1, 0.15) is 22.1 Å². The SMILES string of the molecule is CC(=O)Nc1cc(Oc2cnc3nc(NC4=CC(C(F)(F)F)=CN(C)C4O)n(C)c3c2Cl)ccn1. The minimum Gasteiger partial charge on any atom is -0.454 e. The number of ether oxygens (including phenoxy) is 1. The third-order valence-corrected chi connectivity index (χ3v) is 5.33. The molecule has 4 heterocycles. The molecule has 1 aliphatic rings. The Labute approximate surface area is 201 Å². The van der Waals surface area contributed by atoms with E-state index in [4.69, 9.17) is 16.3 Å². The number of alkyl halides is 3. The summed E-state index contributed by atoms with van der Waals surface area (Å²) in [5.41, 5.74) is -0.523. The Balaban J connectivity index is 1.65. The van der Waals surface area contributed by atoms with Crippen molar-refractivity contribution in [3.05, 3.63) is 53.1 Å². The first-order valence-electron chi connectivity index (χ1n) is 10.0. The molecule has 1 atom stereocenters. The number of carbonyl (C=O) groups is 1. The summed E-state index contributed by atoms with van der Waals surface area (Å²) >= 11 is 6.54. The largest absolute Gasteiger partial charge is 0.454 e. The van der Waals surface area contributed by atoms with Crippen LogP contribution in [0.5, 0.6) is 11.5 Å². The highest BCUT2D eigenvalue weighted by atomic mass is 35.5. The molecule has 10 nitrogen and oxygen atoms in total. The second-order valence-corrected chi connectivity index (χ2v) is 7.99. The first kappa shape index (κ1) is 24.3. The molecule has 0 fully saturated rings. The molecule has 184 valence electrons. The standard InChI is InChI=1S/C21H19ClF3N7O3/c1-10(33)28-15-7-12(4-5-26-15)35-14-8-27-18-17(16(14)22)32(3)20(30-18)29-13-6-11(21(23,24)25)9-31(2)19(13)34/h4-9,19,34H,1-3H3,(H,26,28,33)(H,27,29,30). The molecular weight excluding hydrogens is 491 g/mol. The molecule has 35 heavy (non-hydrogen) atoms. The van der Waals surface area contributed by atoms with Gasteiger partial charge in [-0.15, -0.1) is 0 Å². The number of hydrogen-bond acceptors (Lipinski definition) is 8. The maximum absolute atomic E-state index is 13.2. The molecule has 1 amide bonds. The van der Waals surface area contributed by atoms with Crippen molar-refractivity contribution in [2.45, 2.75) is 19.3 Å². The number of aliphatic hydroxyl groups is 1. The van der Waals surface area contributed by atoms with Crippen LogP contribution >= 0.6 is 11.6 Å². The van der Waals surface area contributed by atoms with Gasteiger partial charge >= 0.3 is 6.18 Å². The maximum Gasteiger partial charge on any atom is 0.417 e. The van der Waals surface area contributed by atoms with Crippen LogP contribution in [0.4, 0.5) is 24.9 Å². The van der Waals surface area contributed by atoms with Gasteiger partial charge in [-0.2, -0.15) is 18.2 Å². The predicted molar refractivity (Wildman–Crippen MR) is 122 cm³/mol. The lowest BCUT2D eigenvalue weighted by molar-refractivity contribution is -0.114. The second-order valence-electron chi connectivity index (χ2n) is 7.61. The fourth-order valence-corrected chi connectivity index (χ4v) is 3.62. The number of hydrogen-bond donors (Lipinski definition) is 3. The summed E-state index contributed by atoms with van der Waals surface area (Å²) in [6, 6.07) is 3.05. The van der Waals surface area contributed by atoms with E-state index in [0.717, 1.165) is 17.2 Å². The summed E-state index contributed by atoms with van der Waals surface area (Å²) in [6.07, 6.45) is -1.55. The Hall–Kier alpha value is -3.84. The topological polar surface area (TPSA) is 117 Å². The molecule has 0 aromatic carbocycles. The van der Waals surface area contributed by atoms with E-state index in [1.54, 1.807) is 13.1 Å². The first-order chi connectivity index (χ1) is 16.4. The monoisotopic (exact) mass is 509 g/mol. The van der Waals surface area contributed by atoms with Crippen LogP contribution in [0.1, 0.15) is 6.92 Å². The quantitative estimate of drug-likeness (QED) is 0.476. The van der Waals surface area contributed by atoms with Gasteiger partial charge in [-0.05, 0) is 12.1 Å². The number of aromatic nitrogens is 4. The number of likely N-dealkylation sites (N-methyl/N-ethyl adjacent to an activating group) is 1. The number of carbonyl (C=O) groups excluding carboxylic acids is 1. The Bertz CT molecular complexity index is 1370. The minimum atomic E-state index is -4.60. The van der Waals surface area contributed by atoms with Crippen molar-refractivity contribution in [2.75, 3.05) is 17.7 Å². The molecule has 3 aromatic heterocycles. The molecule has 0 bridgehead atoms. The number of allylic oxidation sites excluding steroid dienone is 2. The zero-order chi connectivity index (χ0) is 25.5. The number of pyridine rings is 2. The third kappa shape index (κ3) is 5.00. The number of imidazole rings is 1. The zero-order valence-corrected chi connectivity index (χ0v) is 19.3. The van der Waals surface area contributed by atoms with E-state index in [-0.39, 0.29) is 39.8 Å². The number of halogens is 4. The molecule has 0 aliphatic carbocycles. The third-order valence-electron chi connectivity index (χ3n) is 4.97. The summed E-state index contributed by atoms with van der Waals surface area (Å²) in [5, 5.41) is 15.8. The molecule has 1 unspecified atom stereocenters. The highest BCUT2D eigenvalue weighted by Gasteiger charge is 2.36. The van der Waals surface area contributed by atoms with E-state index in [1.807, 2.05) is 0 Å². The molecule has 3 aromatic rings. The van der Waals surface area contributed by atoms with Crippen LogP contribution in [0, 0.1) is 0 Å². The number of anilines is 2. The smallest absolute Gasteiger partial charge is 0.417 e. The van der Waals surface area contributed by atoms with E-state index in [0.29, 0.717) is 11.3 Å². The van der Waals surface area contributed by atoms with E-state index in [2.05, 4.69) is 25.6 Å². The number of aliphatic hydroxyl groups excluding tert-OH is 1. The summed E-state index contributed by atoms with van der Waals surface area (Å²) < 4.78 is 47.0. The molecule has 0 radical (unpaired) electrons. The van der Waals surface area contributed by atoms with Gasteiger partial charge < -0.3 is 29.9 Å². The number of nitrogens with zero attached hydrogens (tertiary/aromatic N) is 5. The van der Waals surface area contributed by atoms with Crippen LogP contribution in [0.2, 0.25) is 5.02 Å². The number of rotatable bonds is 5. The Kier molecular flexibility index (Phi) is 6.30. The molecule has 0 saturated carbocycles. The van der Waals surface area contributed by atoms with Crippen LogP contribution < -0.4 is 15.4 Å². The Morgan fingerprint density at radius 2 is 2.03 bits per heavy atom. The van der Waals surface area contributed by atoms with E-state index in [9.17, 15) is 23.1 Å². The normalized spacial score (nSPS) is 16.1.